The topological polar surface area (TPSA) is 93.9 Å². The quantitative estimate of drug-likeness (QED) is 0.618. The molecule has 8 heteroatoms. The van der Waals surface area contributed by atoms with E-state index in [0.29, 0.717) is 30.2 Å². The van der Waals surface area contributed by atoms with Gasteiger partial charge in [0, 0.05) is 35.2 Å². The molecule has 160 valence electrons. The molecule has 0 aliphatic carbocycles. The Balaban J connectivity index is 1.75. The average molecular weight is 430 g/mol. The number of rotatable bonds is 8. The molecule has 1 saturated heterocycles. The van der Waals surface area contributed by atoms with Crippen molar-refractivity contribution < 1.29 is 19.1 Å². The van der Waals surface area contributed by atoms with Crippen LogP contribution in [-0.4, -0.2) is 43.4 Å². The minimum absolute atomic E-state index is 0.0690. The van der Waals surface area contributed by atoms with Crippen molar-refractivity contribution in [3.8, 4) is 11.5 Å². The Kier molecular flexibility index (Phi) is 7.46. The number of benzene rings is 2. The summed E-state index contributed by atoms with van der Waals surface area (Å²) in [6.07, 6.45) is 2.08. The number of nitrogens with zero attached hydrogens (tertiary/aromatic N) is 1. The normalized spacial score (nSPS) is 15.7. The van der Waals surface area contributed by atoms with E-state index in [1.165, 1.54) is 11.8 Å². The summed E-state index contributed by atoms with van der Waals surface area (Å²) in [5.74, 6) is 1.66. The number of amides is 3. The van der Waals surface area contributed by atoms with Crippen LogP contribution in [-0.2, 0) is 4.79 Å². The fraction of sp³-hybridized carbons (Fsp3) is 0.364. The summed E-state index contributed by atoms with van der Waals surface area (Å²) in [5.41, 5.74) is 6.92. The second-order valence-corrected chi connectivity index (χ2v) is 8.09. The molecule has 1 unspecified atom stereocenters. The van der Waals surface area contributed by atoms with Crippen molar-refractivity contribution in [1.82, 2.24) is 4.90 Å². The molecule has 1 aliphatic rings. The highest BCUT2D eigenvalue weighted by atomic mass is 32.2. The first-order valence-electron chi connectivity index (χ1n) is 9.83. The van der Waals surface area contributed by atoms with E-state index in [1.54, 1.807) is 14.2 Å². The number of hydrogen-bond donors (Lipinski definition) is 2. The van der Waals surface area contributed by atoms with E-state index >= 15 is 0 Å². The summed E-state index contributed by atoms with van der Waals surface area (Å²) < 4.78 is 10.8. The van der Waals surface area contributed by atoms with Gasteiger partial charge in [0.05, 0.1) is 25.9 Å². The number of urea groups is 1. The zero-order valence-electron chi connectivity index (χ0n) is 17.2. The zero-order valence-corrected chi connectivity index (χ0v) is 18.0. The van der Waals surface area contributed by atoms with Crippen molar-refractivity contribution in [3.63, 3.8) is 0 Å². The fourth-order valence-corrected chi connectivity index (χ4v) is 4.54. The van der Waals surface area contributed by atoms with Gasteiger partial charge in [-0.05, 0) is 37.1 Å². The minimum atomic E-state index is -0.336. The largest absolute Gasteiger partial charge is 0.497 e. The van der Waals surface area contributed by atoms with Crippen LogP contribution >= 0.6 is 11.8 Å². The maximum absolute atomic E-state index is 13.1. The van der Waals surface area contributed by atoms with Gasteiger partial charge in [-0.2, -0.15) is 0 Å². The third-order valence-electron chi connectivity index (χ3n) is 5.05. The van der Waals surface area contributed by atoms with Crippen LogP contribution in [0.3, 0.4) is 0 Å². The molecule has 1 aliphatic heterocycles. The number of para-hydroxylation sites is 1. The molecule has 3 amide bonds. The molecule has 0 radical (unpaired) electrons. The SMILES string of the molecule is COc1ccc(C2CCCN2C(=O)Nc2ccccc2SCCC(N)=O)c(OC)c1. The van der Waals surface area contributed by atoms with Crippen LogP contribution < -0.4 is 20.5 Å². The average Bonchev–Trinajstić information content (AvgIpc) is 3.24. The van der Waals surface area contributed by atoms with Gasteiger partial charge in [0.2, 0.25) is 5.91 Å². The molecule has 7 nitrogen and oxygen atoms in total. The molecular weight excluding hydrogens is 402 g/mol. The van der Waals surface area contributed by atoms with Crippen molar-refractivity contribution in [1.29, 1.82) is 0 Å². The fourth-order valence-electron chi connectivity index (χ4n) is 3.57. The number of nitrogens with two attached hydrogens (primary N) is 1. The number of anilines is 1. The van der Waals surface area contributed by atoms with Gasteiger partial charge in [-0.25, -0.2) is 4.79 Å². The maximum Gasteiger partial charge on any atom is 0.322 e. The molecule has 3 rings (SSSR count). The van der Waals surface area contributed by atoms with Crippen molar-refractivity contribution in [2.24, 2.45) is 5.73 Å². The Hall–Kier alpha value is -2.87. The third-order valence-corrected chi connectivity index (χ3v) is 6.12. The van der Waals surface area contributed by atoms with Crippen LogP contribution in [0.4, 0.5) is 10.5 Å². The van der Waals surface area contributed by atoms with Gasteiger partial charge < -0.3 is 25.4 Å². The van der Waals surface area contributed by atoms with Crippen molar-refractivity contribution >= 4 is 29.4 Å². The lowest BCUT2D eigenvalue weighted by Crippen LogP contribution is -2.34. The van der Waals surface area contributed by atoms with Crippen LogP contribution in [0.15, 0.2) is 47.4 Å². The van der Waals surface area contributed by atoms with Gasteiger partial charge >= 0.3 is 6.03 Å². The highest BCUT2D eigenvalue weighted by molar-refractivity contribution is 7.99. The smallest absolute Gasteiger partial charge is 0.322 e. The molecule has 30 heavy (non-hydrogen) atoms. The van der Waals surface area contributed by atoms with Crippen molar-refractivity contribution in [2.45, 2.75) is 30.2 Å². The molecule has 0 aromatic heterocycles. The molecule has 2 aromatic rings. The molecule has 0 saturated carbocycles. The summed E-state index contributed by atoms with van der Waals surface area (Å²) in [6, 6.07) is 13.0. The van der Waals surface area contributed by atoms with Crippen LogP contribution in [0.2, 0.25) is 0 Å². The van der Waals surface area contributed by atoms with Gasteiger partial charge in [0.15, 0.2) is 0 Å². The summed E-state index contributed by atoms with van der Waals surface area (Å²) in [4.78, 5) is 26.9. The van der Waals surface area contributed by atoms with E-state index < -0.39 is 0 Å². The van der Waals surface area contributed by atoms with Crippen molar-refractivity contribution in [3.05, 3.63) is 48.0 Å². The highest BCUT2D eigenvalue weighted by Gasteiger charge is 2.32. The van der Waals surface area contributed by atoms with Crippen molar-refractivity contribution in [2.75, 3.05) is 31.8 Å². The predicted molar refractivity (Wildman–Crippen MR) is 118 cm³/mol. The first kappa shape index (κ1) is 21.8. The molecule has 1 atom stereocenters. The second kappa shape index (κ2) is 10.2. The van der Waals surface area contributed by atoms with Crippen LogP contribution in [0.1, 0.15) is 30.9 Å². The Morgan fingerprint density at radius 3 is 2.73 bits per heavy atom. The first-order valence-corrected chi connectivity index (χ1v) is 10.8. The number of carbonyl (C=O) groups excluding carboxylic acids is 2. The third kappa shape index (κ3) is 5.18. The number of likely N-dealkylation sites (tertiary alicyclic amines) is 1. The monoisotopic (exact) mass is 429 g/mol. The minimum Gasteiger partial charge on any atom is -0.497 e. The highest BCUT2D eigenvalue weighted by Crippen LogP contribution is 2.39. The number of nitrogens with one attached hydrogen (secondary N) is 1. The van der Waals surface area contributed by atoms with Gasteiger partial charge in [-0.3, -0.25) is 4.79 Å². The standard InChI is InChI=1S/C22H27N3O4S/c1-28-15-9-10-16(19(14-15)29-2)18-7-5-12-25(18)22(27)24-17-6-3-4-8-20(17)30-13-11-21(23)26/h3-4,6,8-10,14,18H,5,7,11-13H2,1-2H3,(H2,23,26)(H,24,27). The first-order chi connectivity index (χ1) is 14.5. The number of hydrogen-bond acceptors (Lipinski definition) is 5. The molecule has 0 bridgehead atoms. The van der Waals surface area contributed by atoms with Crippen LogP contribution in [0.25, 0.3) is 0 Å². The Morgan fingerprint density at radius 2 is 2.00 bits per heavy atom. The number of thioether (sulfide) groups is 1. The van der Waals surface area contributed by atoms with E-state index in [1.807, 2.05) is 47.4 Å². The summed E-state index contributed by atoms with van der Waals surface area (Å²) >= 11 is 1.50. The lowest BCUT2D eigenvalue weighted by atomic mass is 10.0. The van der Waals surface area contributed by atoms with E-state index in [0.717, 1.165) is 29.0 Å². The summed E-state index contributed by atoms with van der Waals surface area (Å²) in [6.45, 7) is 0.669. The lowest BCUT2D eigenvalue weighted by Gasteiger charge is -2.27. The maximum atomic E-state index is 13.1. The van der Waals surface area contributed by atoms with E-state index in [2.05, 4.69) is 5.32 Å². The predicted octanol–water partition coefficient (Wildman–Crippen LogP) is 4.04. The number of primary amides is 1. The van der Waals surface area contributed by atoms with Gasteiger partial charge in [0.1, 0.15) is 11.5 Å². The van der Waals surface area contributed by atoms with Gasteiger partial charge in [-0.15, -0.1) is 11.8 Å². The molecular formula is C22H27N3O4S. The van der Waals surface area contributed by atoms with E-state index in [9.17, 15) is 9.59 Å². The number of ether oxygens (including phenoxy) is 2. The molecule has 0 spiro atoms. The van der Waals surface area contributed by atoms with Crippen LogP contribution in [0.5, 0.6) is 11.5 Å². The van der Waals surface area contributed by atoms with Gasteiger partial charge in [0.25, 0.3) is 0 Å². The van der Waals surface area contributed by atoms with E-state index in [-0.39, 0.29) is 18.0 Å². The summed E-state index contributed by atoms with van der Waals surface area (Å²) in [7, 11) is 3.24. The lowest BCUT2D eigenvalue weighted by molar-refractivity contribution is -0.117. The van der Waals surface area contributed by atoms with E-state index in [4.69, 9.17) is 15.2 Å². The molecule has 2 aromatic carbocycles. The molecule has 3 N–H and O–H groups in total. The number of methoxy groups -OCH3 is 2. The van der Waals surface area contributed by atoms with Crippen LogP contribution in [0, 0.1) is 0 Å². The van der Waals surface area contributed by atoms with Gasteiger partial charge in [-0.1, -0.05) is 12.1 Å². The second-order valence-electron chi connectivity index (χ2n) is 6.95. The number of carbonyl (C=O) groups is 2. The zero-order chi connectivity index (χ0) is 21.5. The Bertz CT molecular complexity index is 906. The summed E-state index contributed by atoms with van der Waals surface area (Å²) in [5, 5.41) is 3.03. The molecule has 1 heterocycles. The Morgan fingerprint density at radius 1 is 1.20 bits per heavy atom. The molecule has 1 fully saturated rings. The Labute approximate surface area is 180 Å².